The summed E-state index contributed by atoms with van der Waals surface area (Å²) in [5, 5.41) is 14.7. The van der Waals surface area contributed by atoms with E-state index in [-0.39, 0.29) is 18.1 Å². The van der Waals surface area contributed by atoms with Crippen LogP contribution in [0.3, 0.4) is 0 Å². The lowest BCUT2D eigenvalue weighted by Gasteiger charge is -2.11. The Labute approximate surface area is 175 Å². The second-order valence-corrected chi connectivity index (χ2v) is 7.25. The summed E-state index contributed by atoms with van der Waals surface area (Å²) in [5.41, 5.74) is 3.30. The molecule has 0 aliphatic rings. The van der Waals surface area contributed by atoms with Crippen molar-refractivity contribution in [1.82, 2.24) is 9.97 Å². The first-order chi connectivity index (χ1) is 14.6. The van der Waals surface area contributed by atoms with Gasteiger partial charge in [-0.2, -0.15) is 0 Å². The van der Waals surface area contributed by atoms with Crippen LogP contribution in [0.5, 0.6) is 5.75 Å². The van der Waals surface area contributed by atoms with Gasteiger partial charge in [0, 0.05) is 5.56 Å². The van der Waals surface area contributed by atoms with Gasteiger partial charge in [-0.25, -0.2) is 9.97 Å². The molecule has 0 bridgehead atoms. The van der Waals surface area contributed by atoms with E-state index in [9.17, 15) is 9.90 Å². The number of carbonyl (C=O) groups excluding carboxylic acids is 1. The van der Waals surface area contributed by atoms with Gasteiger partial charge in [0.05, 0.1) is 24.0 Å². The van der Waals surface area contributed by atoms with Crippen molar-refractivity contribution in [2.24, 2.45) is 0 Å². The lowest BCUT2D eigenvalue weighted by atomic mass is 10.0. The molecule has 0 fully saturated rings. The summed E-state index contributed by atoms with van der Waals surface area (Å²) in [6.07, 6.45) is 3.53. The minimum Gasteiger partial charge on any atom is -0.508 e. The van der Waals surface area contributed by atoms with Crippen molar-refractivity contribution >= 4 is 22.5 Å². The number of aromatic nitrogens is 2. The molecule has 4 aromatic rings. The van der Waals surface area contributed by atoms with Crippen LogP contribution in [0, 0.1) is 0 Å². The average Bonchev–Trinajstić information content (AvgIpc) is 2.75. The van der Waals surface area contributed by atoms with Gasteiger partial charge in [-0.3, -0.25) is 4.79 Å². The van der Waals surface area contributed by atoms with Crippen molar-refractivity contribution in [2.45, 2.75) is 26.2 Å². The highest BCUT2D eigenvalue weighted by molar-refractivity contribution is 5.93. The van der Waals surface area contributed by atoms with Crippen LogP contribution in [0.25, 0.3) is 22.0 Å². The van der Waals surface area contributed by atoms with Crippen LogP contribution >= 0.6 is 0 Å². The topological polar surface area (TPSA) is 75.1 Å². The highest BCUT2D eigenvalue weighted by Gasteiger charge is 2.12. The Morgan fingerprint density at radius 2 is 1.77 bits per heavy atom. The van der Waals surface area contributed by atoms with Gasteiger partial charge in [0.15, 0.2) is 5.82 Å². The van der Waals surface area contributed by atoms with Gasteiger partial charge in [-0.05, 0) is 47.0 Å². The first-order valence-electron chi connectivity index (χ1n) is 10.0. The molecule has 5 nitrogen and oxygen atoms in total. The maximum atomic E-state index is 12.7. The predicted octanol–water partition coefficient (Wildman–Crippen LogP) is 5.14. The molecule has 0 atom stereocenters. The zero-order chi connectivity index (χ0) is 20.9. The number of aryl methyl sites for hydroxylation is 1. The van der Waals surface area contributed by atoms with E-state index in [4.69, 9.17) is 4.98 Å². The zero-order valence-corrected chi connectivity index (χ0v) is 16.8. The van der Waals surface area contributed by atoms with Crippen LogP contribution in [-0.2, 0) is 17.6 Å². The molecule has 3 aromatic carbocycles. The lowest BCUT2D eigenvalue weighted by Crippen LogP contribution is -2.17. The Bertz CT molecular complexity index is 1190. The van der Waals surface area contributed by atoms with Crippen LogP contribution < -0.4 is 5.32 Å². The fourth-order valence-corrected chi connectivity index (χ4v) is 3.42. The van der Waals surface area contributed by atoms with Gasteiger partial charge in [0.2, 0.25) is 5.91 Å². The number of rotatable bonds is 6. The highest BCUT2D eigenvalue weighted by Crippen LogP contribution is 2.23. The van der Waals surface area contributed by atoms with Gasteiger partial charge in [0.1, 0.15) is 5.75 Å². The van der Waals surface area contributed by atoms with Crippen molar-refractivity contribution in [3.05, 3.63) is 84.2 Å². The molecule has 0 unspecified atom stereocenters. The Hall–Kier alpha value is -3.73. The van der Waals surface area contributed by atoms with Gasteiger partial charge >= 0.3 is 0 Å². The largest absolute Gasteiger partial charge is 0.508 e. The summed E-state index contributed by atoms with van der Waals surface area (Å²) in [7, 11) is 0. The molecule has 2 N–H and O–H groups in total. The molecular weight excluding hydrogens is 374 g/mol. The van der Waals surface area contributed by atoms with Crippen LogP contribution in [0.1, 0.15) is 24.6 Å². The molecule has 30 heavy (non-hydrogen) atoms. The number of anilines is 1. The third-order valence-electron chi connectivity index (χ3n) is 4.93. The number of nitrogens with zero attached hydrogens (tertiary/aromatic N) is 2. The lowest BCUT2D eigenvalue weighted by molar-refractivity contribution is -0.115. The summed E-state index contributed by atoms with van der Waals surface area (Å²) in [4.78, 5) is 21.8. The normalized spacial score (nSPS) is 10.8. The van der Waals surface area contributed by atoms with E-state index in [0.29, 0.717) is 17.9 Å². The third kappa shape index (κ3) is 4.46. The fraction of sp³-hybridized carbons (Fsp3) is 0.160. The highest BCUT2D eigenvalue weighted by atomic mass is 16.3. The number of amides is 1. The standard InChI is InChI=1S/C25H23N3O2/c1-2-5-22-25(26-16-23(27-22)19-10-12-21(29)13-11-19)28-24(30)15-17-8-9-18-6-3-4-7-20(18)14-17/h3-4,6-14,16,29H,2,5,15H2,1H3,(H,26,28,30). The Morgan fingerprint density at radius 1 is 1.00 bits per heavy atom. The molecule has 1 aromatic heterocycles. The van der Waals surface area contributed by atoms with E-state index >= 15 is 0 Å². The smallest absolute Gasteiger partial charge is 0.229 e. The molecule has 1 heterocycles. The number of nitrogens with one attached hydrogen (secondary N) is 1. The van der Waals surface area contributed by atoms with Gasteiger partial charge in [-0.1, -0.05) is 55.8 Å². The number of aromatic hydroxyl groups is 1. The number of benzene rings is 3. The number of phenolic OH excluding ortho intramolecular Hbond substituents is 1. The summed E-state index contributed by atoms with van der Waals surface area (Å²) in [6, 6.07) is 21.0. The Kier molecular flexibility index (Phi) is 5.70. The molecule has 0 radical (unpaired) electrons. The number of hydrogen-bond acceptors (Lipinski definition) is 4. The molecule has 0 saturated heterocycles. The molecule has 0 aliphatic carbocycles. The molecule has 0 saturated carbocycles. The van der Waals surface area contributed by atoms with E-state index in [0.717, 1.165) is 34.0 Å². The number of phenols is 1. The fourth-order valence-electron chi connectivity index (χ4n) is 3.42. The van der Waals surface area contributed by atoms with Gasteiger partial charge < -0.3 is 10.4 Å². The third-order valence-corrected chi connectivity index (χ3v) is 4.93. The van der Waals surface area contributed by atoms with Crippen molar-refractivity contribution in [3.8, 4) is 17.0 Å². The van der Waals surface area contributed by atoms with E-state index in [1.54, 1.807) is 30.5 Å². The molecular formula is C25H23N3O2. The van der Waals surface area contributed by atoms with Gasteiger partial charge in [0.25, 0.3) is 0 Å². The van der Waals surface area contributed by atoms with Crippen LogP contribution in [0.2, 0.25) is 0 Å². The van der Waals surface area contributed by atoms with E-state index in [1.165, 1.54) is 0 Å². The molecule has 150 valence electrons. The monoisotopic (exact) mass is 397 g/mol. The first-order valence-corrected chi connectivity index (χ1v) is 10.0. The second kappa shape index (κ2) is 8.74. The summed E-state index contributed by atoms with van der Waals surface area (Å²) < 4.78 is 0. The number of fused-ring (bicyclic) bond motifs is 1. The quantitative estimate of drug-likeness (QED) is 0.473. The molecule has 0 aliphatic heterocycles. The minimum atomic E-state index is -0.116. The maximum Gasteiger partial charge on any atom is 0.229 e. The maximum absolute atomic E-state index is 12.7. The van der Waals surface area contributed by atoms with Crippen LogP contribution in [0.15, 0.2) is 72.9 Å². The predicted molar refractivity (Wildman–Crippen MR) is 119 cm³/mol. The summed E-state index contributed by atoms with van der Waals surface area (Å²) in [5.74, 6) is 0.595. The second-order valence-electron chi connectivity index (χ2n) is 7.25. The number of hydrogen-bond donors (Lipinski definition) is 2. The Balaban J connectivity index is 1.53. The average molecular weight is 397 g/mol. The Morgan fingerprint density at radius 3 is 2.53 bits per heavy atom. The van der Waals surface area contributed by atoms with Crippen molar-refractivity contribution < 1.29 is 9.90 Å². The molecule has 5 heteroatoms. The van der Waals surface area contributed by atoms with Crippen LogP contribution in [0.4, 0.5) is 5.82 Å². The van der Waals surface area contributed by atoms with E-state index in [2.05, 4.69) is 23.3 Å². The van der Waals surface area contributed by atoms with Crippen LogP contribution in [-0.4, -0.2) is 21.0 Å². The molecule has 1 amide bonds. The van der Waals surface area contributed by atoms with Crippen molar-refractivity contribution in [2.75, 3.05) is 5.32 Å². The summed E-state index contributed by atoms with van der Waals surface area (Å²) >= 11 is 0. The molecule has 0 spiro atoms. The SMILES string of the molecule is CCCc1nc(-c2ccc(O)cc2)cnc1NC(=O)Cc1ccc2ccccc2c1. The first kappa shape index (κ1) is 19.6. The van der Waals surface area contributed by atoms with Gasteiger partial charge in [-0.15, -0.1) is 0 Å². The van der Waals surface area contributed by atoms with E-state index in [1.807, 2.05) is 36.4 Å². The van der Waals surface area contributed by atoms with Crippen molar-refractivity contribution in [3.63, 3.8) is 0 Å². The zero-order valence-electron chi connectivity index (χ0n) is 16.8. The molecule has 4 rings (SSSR count). The minimum absolute atomic E-state index is 0.116. The summed E-state index contributed by atoms with van der Waals surface area (Å²) in [6.45, 7) is 2.07. The van der Waals surface area contributed by atoms with E-state index < -0.39 is 0 Å². The van der Waals surface area contributed by atoms with Crippen molar-refractivity contribution in [1.29, 1.82) is 0 Å². The number of carbonyl (C=O) groups is 1.